The number of amides is 1. The molecule has 26 heavy (non-hydrogen) atoms. The first kappa shape index (κ1) is 19.8. The number of carbonyl (C=O) groups excluding carboxylic acids is 1. The molecular formula is C21H26FNO3. The van der Waals surface area contributed by atoms with Crippen LogP contribution < -0.4 is 14.8 Å². The highest BCUT2D eigenvalue weighted by Gasteiger charge is 2.19. The molecule has 2 aromatic carbocycles. The van der Waals surface area contributed by atoms with Gasteiger partial charge in [-0.1, -0.05) is 45.0 Å². The number of carbonyl (C=O) groups is 1. The zero-order valence-corrected chi connectivity index (χ0v) is 15.9. The third kappa shape index (κ3) is 4.97. The molecule has 0 saturated carbocycles. The van der Waals surface area contributed by atoms with Gasteiger partial charge in [-0.25, -0.2) is 4.39 Å². The van der Waals surface area contributed by atoms with Crippen molar-refractivity contribution >= 4 is 5.91 Å². The monoisotopic (exact) mass is 359 g/mol. The van der Waals surface area contributed by atoms with Crippen LogP contribution in [0.25, 0.3) is 0 Å². The van der Waals surface area contributed by atoms with E-state index < -0.39 is 5.82 Å². The average molecular weight is 359 g/mol. The maximum absolute atomic E-state index is 13.8. The van der Waals surface area contributed by atoms with Gasteiger partial charge in [0, 0.05) is 0 Å². The van der Waals surface area contributed by atoms with Crippen molar-refractivity contribution in [3.63, 3.8) is 0 Å². The van der Waals surface area contributed by atoms with Crippen LogP contribution in [-0.4, -0.2) is 19.6 Å². The molecule has 0 aromatic heterocycles. The number of nitrogens with one attached hydrogen (secondary N) is 1. The number of hydrogen-bond acceptors (Lipinski definition) is 3. The Kier molecular flexibility index (Phi) is 6.24. The lowest BCUT2D eigenvalue weighted by molar-refractivity contribution is -0.123. The third-order valence-electron chi connectivity index (χ3n) is 4.11. The maximum atomic E-state index is 13.8. The van der Waals surface area contributed by atoms with Gasteiger partial charge in [0.25, 0.3) is 5.91 Å². The quantitative estimate of drug-likeness (QED) is 0.832. The van der Waals surface area contributed by atoms with Gasteiger partial charge >= 0.3 is 0 Å². The molecule has 0 radical (unpaired) electrons. The van der Waals surface area contributed by atoms with E-state index in [0.717, 1.165) is 5.56 Å². The average Bonchev–Trinajstić information content (AvgIpc) is 2.59. The summed E-state index contributed by atoms with van der Waals surface area (Å²) in [6.07, 6.45) is 0. The van der Waals surface area contributed by atoms with E-state index in [9.17, 15) is 9.18 Å². The molecule has 1 unspecified atom stereocenters. The topological polar surface area (TPSA) is 47.6 Å². The van der Waals surface area contributed by atoms with Crippen molar-refractivity contribution in [1.29, 1.82) is 0 Å². The molecule has 0 aliphatic rings. The Labute approximate surface area is 154 Å². The van der Waals surface area contributed by atoms with E-state index in [-0.39, 0.29) is 29.7 Å². The van der Waals surface area contributed by atoms with Gasteiger partial charge in [0.2, 0.25) is 0 Å². The molecule has 0 aliphatic heterocycles. The standard InChI is InChI=1S/C21H26FNO3/c1-14(15-10-11-19(25-5)17(22)12-15)23-20(24)13-26-18-9-7-6-8-16(18)21(2,3)4/h6-12,14H,13H2,1-5H3,(H,23,24). The second-order valence-corrected chi connectivity index (χ2v) is 7.22. The molecule has 0 fully saturated rings. The molecule has 140 valence electrons. The number of hydrogen-bond donors (Lipinski definition) is 1. The molecule has 0 aliphatic carbocycles. The molecule has 0 bridgehead atoms. The Balaban J connectivity index is 1.98. The predicted octanol–water partition coefficient (Wildman–Crippen LogP) is 4.39. The van der Waals surface area contributed by atoms with Gasteiger partial charge < -0.3 is 14.8 Å². The highest BCUT2D eigenvalue weighted by atomic mass is 19.1. The minimum Gasteiger partial charge on any atom is -0.494 e. The van der Waals surface area contributed by atoms with Crippen LogP contribution in [0, 0.1) is 5.82 Å². The summed E-state index contributed by atoms with van der Waals surface area (Å²) in [4.78, 5) is 12.2. The lowest BCUT2D eigenvalue weighted by Gasteiger charge is -2.23. The fourth-order valence-electron chi connectivity index (χ4n) is 2.67. The summed E-state index contributed by atoms with van der Waals surface area (Å²) in [6, 6.07) is 12.0. The van der Waals surface area contributed by atoms with Crippen molar-refractivity contribution in [3.8, 4) is 11.5 Å². The van der Waals surface area contributed by atoms with E-state index >= 15 is 0 Å². The van der Waals surface area contributed by atoms with Crippen molar-refractivity contribution in [2.45, 2.75) is 39.2 Å². The van der Waals surface area contributed by atoms with E-state index in [1.54, 1.807) is 19.1 Å². The summed E-state index contributed by atoms with van der Waals surface area (Å²) in [5.41, 5.74) is 1.62. The zero-order valence-electron chi connectivity index (χ0n) is 15.9. The summed E-state index contributed by atoms with van der Waals surface area (Å²) in [5, 5.41) is 2.82. The molecule has 0 spiro atoms. The number of rotatable bonds is 6. The van der Waals surface area contributed by atoms with Gasteiger partial charge in [-0.15, -0.1) is 0 Å². The van der Waals surface area contributed by atoms with Crippen molar-refractivity contribution in [1.82, 2.24) is 5.32 Å². The number of halogens is 1. The summed E-state index contributed by atoms with van der Waals surface area (Å²) in [6.45, 7) is 7.97. The van der Waals surface area contributed by atoms with Gasteiger partial charge in [-0.3, -0.25) is 4.79 Å². The maximum Gasteiger partial charge on any atom is 0.258 e. The van der Waals surface area contributed by atoms with Gasteiger partial charge in [0.15, 0.2) is 18.2 Å². The van der Waals surface area contributed by atoms with E-state index in [1.807, 2.05) is 24.3 Å². The van der Waals surface area contributed by atoms with Crippen LogP contribution in [0.15, 0.2) is 42.5 Å². The molecule has 0 saturated heterocycles. The SMILES string of the molecule is COc1ccc(C(C)NC(=O)COc2ccccc2C(C)(C)C)cc1F. The molecule has 4 nitrogen and oxygen atoms in total. The van der Waals surface area contributed by atoms with Crippen LogP contribution in [0.1, 0.15) is 44.9 Å². The molecular weight excluding hydrogens is 333 g/mol. The highest BCUT2D eigenvalue weighted by Crippen LogP contribution is 2.30. The zero-order chi connectivity index (χ0) is 19.3. The Hall–Kier alpha value is -2.56. The lowest BCUT2D eigenvalue weighted by Crippen LogP contribution is -2.31. The van der Waals surface area contributed by atoms with Gasteiger partial charge in [-0.2, -0.15) is 0 Å². The molecule has 2 aromatic rings. The normalized spacial score (nSPS) is 12.4. The van der Waals surface area contributed by atoms with Gasteiger partial charge in [-0.05, 0) is 41.7 Å². The fourth-order valence-corrected chi connectivity index (χ4v) is 2.67. The summed E-state index contributed by atoms with van der Waals surface area (Å²) in [7, 11) is 1.41. The number of para-hydroxylation sites is 1. The number of ether oxygens (including phenoxy) is 2. The Morgan fingerprint density at radius 2 is 1.85 bits per heavy atom. The lowest BCUT2D eigenvalue weighted by atomic mass is 9.86. The molecule has 5 heteroatoms. The third-order valence-corrected chi connectivity index (χ3v) is 4.11. The van der Waals surface area contributed by atoms with Crippen molar-refractivity contribution in [2.75, 3.05) is 13.7 Å². The first-order valence-corrected chi connectivity index (χ1v) is 8.57. The Morgan fingerprint density at radius 3 is 2.46 bits per heavy atom. The van der Waals surface area contributed by atoms with Gasteiger partial charge in [0.05, 0.1) is 13.2 Å². The molecule has 0 heterocycles. The van der Waals surface area contributed by atoms with Gasteiger partial charge in [0.1, 0.15) is 5.75 Å². The molecule has 1 atom stereocenters. The van der Waals surface area contributed by atoms with E-state index in [2.05, 4.69) is 26.1 Å². The van der Waals surface area contributed by atoms with Crippen LogP contribution in [-0.2, 0) is 10.2 Å². The van der Waals surface area contributed by atoms with Crippen LogP contribution in [0.2, 0.25) is 0 Å². The Bertz CT molecular complexity index is 768. The second kappa shape index (κ2) is 8.21. The first-order chi connectivity index (χ1) is 12.2. The number of benzene rings is 2. The van der Waals surface area contributed by atoms with E-state index in [4.69, 9.17) is 9.47 Å². The smallest absolute Gasteiger partial charge is 0.258 e. The Morgan fingerprint density at radius 1 is 1.15 bits per heavy atom. The highest BCUT2D eigenvalue weighted by molar-refractivity contribution is 5.78. The summed E-state index contributed by atoms with van der Waals surface area (Å²) < 4.78 is 24.4. The largest absolute Gasteiger partial charge is 0.494 e. The van der Waals surface area contributed by atoms with Crippen molar-refractivity contribution in [3.05, 3.63) is 59.4 Å². The van der Waals surface area contributed by atoms with Crippen LogP contribution in [0.4, 0.5) is 4.39 Å². The van der Waals surface area contributed by atoms with Crippen LogP contribution >= 0.6 is 0 Å². The predicted molar refractivity (Wildman–Crippen MR) is 100 cm³/mol. The number of methoxy groups -OCH3 is 1. The fraction of sp³-hybridized carbons (Fsp3) is 0.381. The van der Waals surface area contributed by atoms with Crippen molar-refractivity contribution < 1.29 is 18.7 Å². The van der Waals surface area contributed by atoms with Crippen LogP contribution in [0.5, 0.6) is 11.5 Å². The van der Waals surface area contributed by atoms with E-state index in [1.165, 1.54) is 13.2 Å². The minimum atomic E-state index is -0.457. The summed E-state index contributed by atoms with van der Waals surface area (Å²) in [5.74, 6) is 0.145. The second-order valence-electron chi connectivity index (χ2n) is 7.22. The molecule has 2 rings (SSSR count). The van der Waals surface area contributed by atoms with Crippen LogP contribution in [0.3, 0.4) is 0 Å². The summed E-state index contributed by atoms with van der Waals surface area (Å²) >= 11 is 0. The molecule has 1 N–H and O–H groups in total. The van der Waals surface area contributed by atoms with Crippen molar-refractivity contribution in [2.24, 2.45) is 0 Å². The van der Waals surface area contributed by atoms with E-state index in [0.29, 0.717) is 11.3 Å². The molecule has 1 amide bonds. The minimum absolute atomic E-state index is 0.0824. The first-order valence-electron chi connectivity index (χ1n) is 8.57.